The largest absolute Gasteiger partial charge is 0.463 e. The lowest BCUT2D eigenvalue weighted by Gasteiger charge is -2.22. The number of aliphatic hydroxyl groups is 3. The van der Waals surface area contributed by atoms with Gasteiger partial charge in [-0.2, -0.15) is 0 Å². The lowest BCUT2D eigenvalue weighted by Crippen LogP contribution is -2.39. The van der Waals surface area contributed by atoms with E-state index in [2.05, 4.69) is 40.8 Å². The Morgan fingerprint density at radius 2 is 0.968 bits per heavy atom. The Hall–Kier alpha value is -1.63. The summed E-state index contributed by atoms with van der Waals surface area (Å²) in [5.74, 6) is -0.293. The SMILES string of the molecule is C/C=C/CN(C/C=C/C(=O)OCCCCCCCCCCCCCCC)CC(O)CNCCCCNCC(O)CNC/C=C/C(O)OCCCCCCCCCCCCCCC. The van der Waals surface area contributed by atoms with Crippen molar-refractivity contribution < 1.29 is 29.6 Å². The minimum Gasteiger partial charge on any atom is -0.463 e. The topological polar surface area (TPSA) is 136 Å². The molecule has 6 N–H and O–H groups in total. The van der Waals surface area contributed by atoms with Crippen LogP contribution in [-0.2, 0) is 14.3 Å². The summed E-state index contributed by atoms with van der Waals surface area (Å²) < 4.78 is 10.9. The van der Waals surface area contributed by atoms with Gasteiger partial charge in [0.1, 0.15) is 0 Å². The van der Waals surface area contributed by atoms with Crippen LogP contribution in [0, 0.1) is 0 Å². The van der Waals surface area contributed by atoms with Crippen molar-refractivity contribution in [1.82, 2.24) is 20.9 Å². The van der Waals surface area contributed by atoms with Gasteiger partial charge in [-0.1, -0.05) is 192 Å². The Bertz CT molecular complexity index is 998. The van der Waals surface area contributed by atoms with Crippen molar-refractivity contribution in [3.8, 4) is 0 Å². The Balaban J connectivity index is 3.76. The third kappa shape index (κ3) is 47.8. The highest BCUT2D eigenvalue weighted by Crippen LogP contribution is 2.14. The molecule has 0 aliphatic rings. The molecule has 0 saturated heterocycles. The molecule has 0 aliphatic carbocycles. The van der Waals surface area contributed by atoms with Crippen LogP contribution in [0.4, 0.5) is 0 Å². The molecule has 366 valence electrons. The van der Waals surface area contributed by atoms with Crippen LogP contribution in [-0.4, -0.2) is 117 Å². The summed E-state index contributed by atoms with van der Waals surface area (Å²) in [5, 5.41) is 40.8. The zero-order valence-corrected chi connectivity index (χ0v) is 40.8. The minimum atomic E-state index is -0.883. The third-order valence-electron chi connectivity index (χ3n) is 11.4. The monoisotopic (exact) mass is 879 g/mol. The second-order valence-electron chi connectivity index (χ2n) is 17.6. The number of carbonyl (C=O) groups is 1. The van der Waals surface area contributed by atoms with Gasteiger partial charge >= 0.3 is 5.97 Å². The van der Waals surface area contributed by atoms with Crippen LogP contribution in [0.5, 0.6) is 0 Å². The Kier molecular flexibility index (Phi) is 49.0. The molecule has 0 amide bonds. The summed E-state index contributed by atoms with van der Waals surface area (Å²) in [4.78, 5) is 14.3. The number of unbranched alkanes of at least 4 members (excludes halogenated alkanes) is 25. The van der Waals surface area contributed by atoms with Crippen LogP contribution >= 0.6 is 0 Å². The summed E-state index contributed by atoms with van der Waals surface area (Å²) >= 11 is 0. The molecule has 0 bridgehead atoms. The molecule has 3 atom stereocenters. The van der Waals surface area contributed by atoms with Gasteiger partial charge < -0.3 is 40.7 Å². The number of ether oxygens (including phenoxy) is 2. The fourth-order valence-corrected chi connectivity index (χ4v) is 7.49. The van der Waals surface area contributed by atoms with Gasteiger partial charge in [-0.05, 0) is 51.8 Å². The van der Waals surface area contributed by atoms with Crippen molar-refractivity contribution in [2.75, 3.05) is 72.1 Å². The number of aliphatic hydroxyl groups excluding tert-OH is 3. The summed E-state index contributed by atoms with van der Waals surface area (Å²) in [6.07, 6.45) is 44.9. The van der Waals surface area contributed by atoms with Gasteiger partial charge in [0, 0.05) is 51.9 Å². The number of nitrogens with one attached hydrogen (secondary N) is 3. The average molecular weight is 879 g/mol. The molecule has 10 heteroatoms. The maximum Gasteiger partial charge on any atom is 0.330 e. The minimum absolute atomic E-state index is 0.293. The molecule has 0 aliphatic heterocycles. The number of esters is 1. The molecule has 0 aromatic rings. The number of allylic oxidation sites excluding steroid dienone is 1. The van der Waals surface area contributed by atoms with Gasteiger partial charge in [0.15, 0.2) is 6.29 Å². The van der Waals surface area contributed by atoms with Crippen molar-refractivity contribution in [3.63, 3.8) is 0 Å². The number of carbonyl (C=O) groups excluding carboxylic acids is 1. The second-order valence-corrected chi connectivity index (χ2v) is 17.6. The van der Waals surface area contributed by atoms with Gasteiger partial charge in [0.2, 0.25) is 0 Å². The summed E-state index contributed by atoms with van der Waals surface area (Å²) in [5.41, 5.74) is 0. The first kappa shape index (κ1) is 60.4. The van der Waals surface area contributed by atoms with E-state index in [1.165, 1.54) is 147 Å². The van der Waals surface area contributed by atoms with Gasteiger partial charge in [-0.15, -0.1) is 0 Å². The van der Waals surface area contributed by atoms with E-state index in [9.17, 15) is 20.1 Å². The van der Waals surface area contributed by atoms with E-state index in [0.717, 1.165) is 51.6 Å². The van der Waals surface area contributed by atoms with Gasteiger partial charge in [0.25, 0.3) is 0 Å². The first-order valence-electron chi connectivity index (χ1n) is 26.0. The molecule has 10 nitrogen and oxygen atoms in total. The fourth-order valence-electron chi connectivity index (χ4n) is 7.49. The summed E-state index contributed by atoms with van der Waals surface area (Å²) in [7, 11) is 0. The van der Waals surface area contributed by atoms with E-state index in [4.69, 9.17) is 9.47 Å². The summed E-state index contributed by atoms with van der Waals surface area (Å²) in [6, 6.07) is 0. The first-order chi connectivity index (χ1) is 30.4. The molecule has 0 rings (SSSR count). The van der Waals surface area contributed by atoms with Crippen LogP contribution in [0.1, 0.15) is 201 Å². The van der Waals surface area contributed by atoms with E-state index in [1.54, 1.807) is 6.08 Å². The van der Waals surface area contributed by atoms with E-state index in [-0.39, 0.29) is 5.97 Å². The number of rotatable bonds is 50. The van der Waals surface area contributed by atoms with E-state index in [1.807, 2.05) is 25.2 Å². The number of nitrogens with zero attached hydrogens (tertiary/aromatic N) is 1. The predicted molar refractivity (Wildman–Crippen MR) is 264 cm³/mol. The van der Waals surface area contributed by atoms with Gasteiger partial charge in [0.05, 0.1) is 25.4 Å². The molecular formula is C52H102N4O6. The molecule has 0 spiro atoms. The van der Waals surface area contributed by atoms with Crippen LogP contribution in [0.2, 0.25) is 0 Å². The second kappa shape index (κ2) is 50.4. The lowest BCUT2D eigenvalue weighted by atomic mass is 10.0. The first-order valence-corrected chi connectivity index (χ1v) is 26.0. The zero-order chi connectivity index (χ0) is 45.2. The standard InChI is InChI=1S/C52H102N4O6/c1-4-7-10-12-14-16-18-20-22-24-26-28-32-43-61-51(59)36-34-40-55-46-49(57)45-53-38-30-31-39-54-47-50(58)48-56(41-9-6-3)42-35-37-52(60)62-44-33-29-27-25-23-21-19-17-15-13-11-8-5-2/h6,9,34-37,49-51,53-55,57-59H,4-5,7-8,10-33,38-48H2,1-3H3/b9-6+,36-34+,37-35+. The van der Waals surface area contributed by atoms with Crippen LogP contribution < -0.4 is 16.0 Å². The molecule has 0 aromatic carbocycles. The maximum absolute atomic E-state index is 12.2. The molecule has 62 heavy (non-hydrogen) atoms. The molecule has 0 heterocycles. The molecule has 0 saturated carbocycles. The Labute approximate surface area is 382 Å². The average Bonchev–Trinajstić information content (AvgIpc) is 3.26. The van der Waals surface area contributed by atoms with E-state index < -0.39 is 18.5 Å². The molecule has 0 fully saturated rings. The highest BCUT2D eigenvalue weighted by Gasteiger charge is 2.10. The van der Waals surface area contributed by atoms with Crippen LogP contribution in [0.15, 0.2) is 36.5 Å². The van der Waals surface area contributed by atoms with Crippen molar-refractivity contribution in [3.05, 3.63) is 36.5 Å². The van der Waals surface area contributed by atoms with E-state index in [0.29, 0.717) is 59.0 Å². The maximum atomic E-state index is 12.2. The summed E-state index contributed by atoms with van der Waals surface area (Å²) in [6.45, 7) is 13.0. The highest BCUT2D eigenvalue weighted by atomic mass is 16.6. The molecular weight excluding hydrogens is 777 g/mol. The third-order valence-corrected chi connectivity index (χ3v) is 11.4. The van der Waals surface area contributed by atoms with Gasteiger partial charge in [-0.25, -0.2) is 4.79 Å². The van der Waals surface area contributed by atoms with Crippen molar-refractivity contribution >= 4 is 5.97 Å². The quantitative estimate of drug-likeness (QED) is 0.0115. The molecule has 0 radical (unpaired) electrons. The number of hydrogen-bond acceptors (Lipinski definition) is 10. The van der Waals surface area contributed by atoms with Crippen LogP contribution in [0.3, 0.4) is 0 Å². The Morgan fingerprint density at radius 3 is 1.47 bits per heavy atom. The molecule has 0 aromatic heterocycles. The lowest BCUT2D eigenvalue weighted by molar-refractivity contribution is -0.137. The van der Waals surface area contributed by atoms with Crippen molar-refractivity contribution in [1.29, 1.82) is 0 Å². The van der Waals surface area contributed by atoms with Crippen molar-refractivity contribution in [2.45, 2.75) is 219 Å². The molecule has 3 unspecified atom stereocenters. The zero-order valence-electron chi connectivity index (χ0n) is 40.8. The van der Waals surface area contributed by atoms with Crippen LogP contribution in [0.25, 0.3) is 0 Å². The van der Waals surface area contributed by atoms with Gasteiger partial charge in [-0.3, -0.25) is 4.90 Å². The Morgan fingerprint density at radius 1 is 0.532 bits per heavy atom. The fraction of sp³-hybridized carbons (Fsp3) is 0.865. The number of hydrogen-bond donors (Lipinski definition) is 6. The highest BCUT2D eigenvalue weighted by molar-refractivity contribution is 5.81. The predicted octanol–water partition coefficient (Wildman–Crippen LogP) is 10.3. The smallest absolute Gasteiger partial charge is 0.330 e. The van der Waals surface area contributed by atoms with Crippen molar-refractivity contribution in [2.24, 2.45) is 0 Å². The normalized spacial score (nSPS) is 13.7. The van der Waals surface area contributed by atoms with E-state index >= 15 is 0 Å².